The smallest absolute Gasteiger partial charge is 0.382 e. The number of nitrogens with one attached hydrogen (secondary N) is 2. The van der Waals surface area contributed by atoms with Crippen molar-refractivity contribution < 1.29 is 17.9 Å². The fourth-order valence-corrected chi connectivity index (χ4v) is 1.68. The lowest BCUT2D eigenvalue weighted by atomic mass is 10.2. The second kappa shape index (κ2) is 5.53. The quantitative estimate of drug-likeness (QED) is 0.865. The summed E-state index contributed by atoms with van der Waals surface area (Å²) in [6.45, 7) is 2.60. The molecule has 0 bridgehead atoms. The van der Waals surface area contributed by atoms with Gasteiger partial charge >= 0.3 is 6.18 Å². The van der Waals surface area contributed by atoms with Crippen molar-refractivity contribution in [2.75, 3.05) is 31.6 Å². The summed E-state index contributed by atoms with van der Waals surface area (Å²) >= 11 is 0. The summed E-state index contributed by atoms with van der Waals surface area (Å²) in [4.78, 5) is 3.30. The van der Waals surface area contributed by atoms with Crippen LogP contribution in [0.5, 0.6) is 0 Å². The highest BCUT2D eigenvalue weighted by Gasteiger charge is 2.32. The van der Waals surface area contributed by atoms with E-state index in [-0.39, 0.29) is 6.10 Å². The Kier molecular flexibility index (Phi) is 4.03. The predicted octanol–water partition coefficient (Wildman–Crippen LogP) is 1.50. The van der Waals surface area contributed by atoms with E-state index in [0.29, 0.717) is 25.4 Å². The van der Waals surface area contributed by atoms with Crippen LogP contribution in [0.3, 0.4) is 0 Å². The van der Waals surface area contributed by atoms with E-state index in [1.54, 1.807) is 0 Å². The second-order valence-corrected chi connectivity index (χ2v) is 4.01. The lowest BCUT2D eigenvalue weighted by molar-refractivity contribution is -0.141. The van der Waals surface area contributed by atoms with Gasteiger partial charge in [-0.1, -0.05) is 0 Å². The topological polar surface area (TPSA) is 46.2 Å². The van der Waals surface area contributed by atoms with Crippen LogP contribution in [0.4, 0.5) is 18.9 Å². The van der Waals surface area contributed by atoms with Gasteiger partial charge in [0.1, 0.15) is 5.69 Å². The maximum Gasteiger partial charge on any atom is 0.433 e. The van der Waals surface area contributed by atoms with Gasteiger partial charge in [0.05, 0.1) is 12.7 Å². The number of aromatic nitrogens is 1. The summed E-state index contributed by atoms with van der Waals surface area (Å²) in [6.07, 6.45) is -3.30. The van der Waals surface area contributed by atoms with Crippen molar-refractivity contribution in [3.05, 3.63) is 24.0 Å². The third-order valence-corrected chi connectivity index (χ3v) is 2.59. The Hall–Kier alpha value is -1.34. The molecule has 1 fully saturated rings. The van der Waals surface area contributed by atoms with Crippen molar-refractivity contribution in [2.24, 2.45) is 0 Å². The van der Waals surface area contributed by atoms with Gasteiger partial charge in [0, 0.05) is 31.5 Å². The van der Waals surface area contributed by atoms with E-state index in [0.717, 1.165) is 18.8 Å². The van der Waals surface area contributed by atoms with Crippen molar-refractivity contribution in [3.63, 3.8) is 0 Å². The van der Waals surface area contributed by atoms with Crippen LogP contribution in [0.15, 0.2) is 18.3 Å². The number of hydrogen-bond acceptors (Lipinski definition) is 4. The van der Waals surface area contributed by atoms with Crippen LogP contribution in [-0.2, 0) is 10.9 Å². The number of halogens is 3. The fraction of sp³-hybridized carbons (Fsp3) is 0.545. The van der Waals surface area contributed by atoms with Crippen LogP contribution in [0.2, 0.25) is 0 Å². The first-order valence-corrected chi connectivity index (χ1v) is 5.65. The van der Waals surface area contributed by atoms with E-state index < -0.39 is 11.9 Å². The molecule has 1 aliphatic heterocycles. The van der Waals surface area contributed by atoms with Gasteiger partial charge in [-0.3, -0.25) is 4.98 Å². The van der Waals surface area contributed by atoms with Crippen molar-refractivity contribution in [1.82, 2.24) is 10.3 Å². The van der Waals surface area contributed by atoms with Gasteiger partial charge in [-0.05, 0) is 12.1 Å². The first-order chi connectivity index (χ1) is 8.55. The minimum Gasteiger partial charge on any atom is -0.382 e. The van der Waals surface area contributed by atoms with E-state index in [2.05, 4.69) is 15.6 Å². The summed E-state index contributed by atoms with van der Waals surface area (Å²) in [5.41, 5.74) is -0.498. The first kappa shape index (κ1) is 13.1. The summed E-state index contributed by atoms with van der Waals surface area (Å²) in [5.74, 6) is 0. The number of rotatable bonds is 3. The number of anilines is 1. The SMILES string of the molecule is FC(F)(F)c1cc(NCC2CNCCO2)ccn1. The van der Waals surface area contributed by atoms with Crippen LogP contribution in [0.1, 0.15) is 5.69 Å². The molecule has 0 aliphatic carbocycles. The summed E-state index contributed by atoms with van der Waals surface area (Å²) in [7, 11) is 0. The molecule has 1 atom stereocenters. The zero-order chi connectivity index (χ0) is 13.0. The van der Waals surface area contributed by atoms with Gasteiger partial charge in [0.2, 0.25) is 0 Å². The van der Waals surface area contributed by atoms with Crippen molar-refractivity contribution >= 4 is 5.69 Å². The Bertz CT molecular complexity index is 391. The van der Waals surface area contributed by atoms with Gasteiger partial charge < -0.3 is 15.4 Å². The molecule has 0 aromatic carbocycles. The second-order valence-electron chi connectivity index (χ2n) is 4.01. The van der Waals surface area contributed by atoms with Crippen LogP contribution in [0, 0.1) is 0 Å². The number of pyridine rings is 1. The van der Waals surface area contributed by atoms with E-state index in [9.17, 15) is 13.2 Å². The van der Waals surface area contributed by atoms with E-state index in [1.165, 1.54) is 6.07 Å². The molecule has 1 unspecified atom stereocenters. The molecule has 0 amide bonds. The van der Waals surface area contributed by atoms with Gasteiger partial charge in [-0.2, -0.15) is 13.2 Å². The molecular weight excluding hydrogens is 247 g/mol. The van der Waals surface area contributed by atoms with Crippen molar-refractivity contribution in [2.45, 2.75) is 12.3 Å². The monoisotopic (exact) mass is 261 g/mol. The van der Waals surface area contributed by atoms with Crippen LogP contribution < -0.4 is 10.6 Å². The standard InChI is InChI=1S/C11H14F3N3O/c12-11(13,14)10-5-8(1-2-16-10)17-7-9-6-15-3-4-18-9/h1-2,5,9,15H,3-4,6-7H2,(H,16,17). The Labute approximate surface area is 103 Å². The Morgan fingerprint density at radius 2 is 2.33 bits per heavy atom. The minimum atomic E-state index is -4.42. The average molecular weight is 261 g/mol. The molecule has 0 saturated carbocycles. The number of ether oxygens (including phenoxy) is 1. The summed E-state index contributed by atoms with van der Waals surface area (Å²) < 4.78 is 42.7. The molecule has 1 aromatic rings. The van der Waals surface area contributed by atoms with Crippen LogP contribution >= 0.6 is 0 Å². The normalized spacial score (nSPS) is 20.7. The predicted molar refractivity (Wildman–Crippen MR) is 60.3 cm³/mol. The zero-order valence-electron chi connectivity index (χ0n) is 9.63. The zero-order valence-corrected chi connectivity index (χ0v) is 9.63. The first-order valence-electron chi connectivity index (χ1n) is 5.65. The maximum absolute atomic E-state index is 12.4. The highest BCUT2D eigenvalue weighted by atomic mass is 19.4. The van der Waals surface area contributed by atoms with Crippen LogP contribution in [-0.4, -0.2) is 37.3 Å². The molecule has 0 spiro atoms. The molecule has 1 saturated heterocycles. The Balaban J connectivity index is 1.92. The maximum atomic E-state index is 12.4. The lowest BCUT2D eigenvalue weighted by Crippen LogP contribution is -2.42. The number of alkyl halides is 3. The fourth-order valence-electron chi connectivity index (χ4n) is 1.68. The van der Waals surface area contributed by atoms with Gasteiger partial charge in [-0.25, -0.2) is 0 Å². The minimum absolute atomic E-state index is 0.0266. The molecule has 7 heteroatoms. The van der Waals surface area contributed by atoms with Crippen LogP contribution in [0.25, 0.3) is 0 Å². The van der Waals surface area contributed by atoms with Crippen molar-refractivity contribution in [3.8, 4) is 0 Å². The lowest BCUT2D eigenvalue weighted by Gasteiger charge is -2.24. The van der Waals surface area contributed by atoms with E-state index >= 15 is 0 Å². The van der Waals surface area contributed by atoms with Gasteiger partial charge in [0.15, 0.2) is 0 Å². The largest absolute Gasteiger partial charge is 0.433 e. The molecular formula is C11H14F3N3O. The summed E-state index contributed by atoms with van der Waals surface area (Å²) in [6, 6.07) is 2.50. The van der Waals surface area contributed by atoms with Gasteiger partial charge in [-0.15, -0.1) is 0 Å². The molecule has 18 heavy (non-hydrogen) atoms. The third kappa shape index (κ3) is 3.58. The molecule has 0 radical (unpaired) electrons. The number of hydrogen-bond donors (Lipinski definition) is 2. The van der Waals surface area contributed by atoms with E-state index in [4.69, 9.17) is 4.74 Å². The highest BCUT2D eigenvalue weighted by molar-refractivity contribution is 5.43. The Morgan fingerprint density at radius 3 is 3.00 bits per heavy atom. The van der Waals surface area contributed by atoms with E-state index in [1.807, 2.05) is 0 Å². The molecule has 100 valence electrons. The third-order valence-electron chi connectivity index (χ3n) is 2.59. The number of morpholine rings is 1. The van der Waals surface area contributed by atoms with Gasteiger partial charge in [0.25, 0.3) is 0 Å². The molecule has 1 aromatic heterocycles. The Morgan fingerprint density at radius 1 is 1.50 bits per heavy atom. The molecule has 1 aliphatic rings. The molecule has 2 N–H and O–H groups in total. The molecule has 2 heterocycles. The molecule has 2 rings (SSSR count). The van der Waals surface area contributed by atoms with Crippen molar-refractivity contribution in [1.29, 1.82) is 0 Å². The highest BCUT2D eigenvalue weighted by Crippen LogP contribution is 2.28. The number of nitrogens with zero attached hydrogens (tertiary/aromatic N) is 1. The summed E-state index contributed by atoms with van der Waals surface area (Å²) in [5, 5.41) is 6.07. The average Bonchev–Trinajstić information content (AvgIpc) is 2.37. The molecule has 4 nitrogen and oxygen atoms in total.